The molecule has 1 heterocycles. The van der Waals surface area contributed by atoms with Gasteiger partial charge in [0, 0.05) is 16.7 Å². The zero-order valence-corrected chi connectivity index (χ0v) is 15.9. The number of rotatable bonds is 2. The summed E-state index contributed by atoms with van der Waals surface area (Å²) in [4.78, 5) is 25.5. The van der Waals surface area contributed by atoms with Gasteiger partial charge in [-0.05, 0) is 55.5 Å². The normalized spacial score (nSPS) is 15.1. The summed E-state index contributed by atoms with van der Waals surface area (Å²) in [6.45, 7) is 6.12. The summed E-state index contributed by atoms with van der Waals surface area (Å²) in [6, 6.07) is 2.35. The van der Waals surface area contributed by atoms with E-state index in [2.05, 4.69) is 5.32 Å². The van der Waals surface area contributed by atoms with Crippen molar-refractivity contribution in [2.75, 3.05) is 13.1 Å². The molecule has 1 aliphatic rings. The van der Waals surface area contributed by atoms with Gasteiger partial charge in [-0.3, -0.25) is 4.79 Å². The minimum atomic E-state index is -0.552. The summed E-state index contributed by atoms with van der Waals surface area (Å²) in [5, 5.41) is 2.83. The fourth-order valence-corrected chi connectivity index (χ4v) is 2.71. The third-order valence-electron chi connectivity index (χ3n) is 3.12. The number of ether oxygens (including phenoxy) is 1. The zero-order valence-electron chi connectivity index (χ0n) is 13.0. The highest BCUT2D eigenvalue weighted by Crippen LogP contribution is 2.23. The van der Waals surface area contributed by atoms with Crippen LogP contribution in [0.25, 0.3) is 0 Å². The van der Waals surface area contributed by atoms with Crippen LogP contribution in [0.5, 0.6) is 0 Å². The van der Waals surface area contributed by atoms with Crippen LogP contribution in [-0.4, -0.2) is 41.6 Å². The molecule has 1 saturated heterocycles. The van der Waals surface area contributed by atoms with E-state index < -0.39 is 17.5 Å². The molecule has 2 rings (SSSR count). The summed E-state index contributed by atoms with van der Waals surface area (Å²) >= 11 is 7.70. The highest BCUT2D eigenvalue weighted by atomic mass is 127. The molecule has 0 aromatic heterocycles. The van der Waals surface area contributed by atoms with E-state index in [-0.39, 0.29) is 22.5 Å². The van der Waals surface area contributed by atoms with Crippen LogP contribution >= 0.6 is 34.2 Å². The van der Waals surface area contributed by atoms with E-state index in [0.717, 1.165) is 6.07 Å². The van der Waals surface area contributed by atoms with E-state index in [9.17, 15) is 14.0 Å². The van der Waals surface area contributed by atoms with Crippen molar-refractivity contribution in [3.63, 3.8) is 0 Å². The van der Waals surface area contributed by atoms with E-state index in [1.54, 1.807) is 43.4 Å². The molecule has 5 nitrogen and oxygen atoms in total. The number of halogens is 3. The average molecular weight is 455 g/mol. The van der Waals surface area contributed by atoms with Crippen LogP contribution in [0.1, 0.15) is 31.1 Å². The Morgan fingerprint density at radius 1 is 1.39 bits per heavy atom. The second-order valence-corrected chi connectivity index (χ2v) is 7.87. The predicted octanol–water partition coefficient (Wildman–Crippen LogP) is 3.43. The molecule has 0 saturated carbocycles. The van der Waals surface area contributed by atoms with Crippen molar-refractivity contribution in [1.82, 2.24) is 10.2 Å². The Morgan fingerprint density at radius 2 is 2.00 bits per heavy atom. The number of amides is 2. The van der Waals surface area contributed by atoms with Gasteiger partial charge in [-0.1, -0.05) is 11.6 Å². The van der Waals surface area contributed by atoms with E-state index in [4.69, 9.17) is 16.3 Å². The number of hydrogen-bond donors (Lipinski definition) is 1. The number of nitrogens with zero attached hydrogens (tertiary/aromatic N) is 1. The van der Waals surface area contributed by atoms with Gasteiger partial charge in [-0.2, -0.15) is 0 Å². The van der Waals surface area contributed by atoms with Gasteiger partial charge in [0.2, 0.25) is 0 Å². The van der Waals surface area contributed by atoms with Crippen LogP contribution in [0.2, 0.25) is 5.02 Å². The predicted molar refractivity (Wildman–Crippen MR) is 93.2 cm³/mol. The molecule has 0 atom stereocenters. The number of nitrogens with one attached hydrogen (secondary N) is 1. The monoisotopic (exact) mass is 454 g/mol. The Labute approximate surface area is 152 Å². The third-order valence-corrected chi connectivity index (χ3v) is 4.26. The molecule has 23 heavy (non-hydrogen) atoms. The Morgan fingerprint density at radius 3 is 2.57 bits per heavy atom. The van der Waals surface area contributed by atoms with Crippen molar-refractivity contribution in [3.8, 4) is 0 Å². The molecule has 0 bridgehead atoms. The average Bonchev–Trinajstić information content (AvgIpc) is 2.35. The molecule has 2 amide bonds. The molecule has 126 valence electrons. The Kier molecular flexibility index (Phi) is 5.40. The summed E-state index contributed by atoms with van der Waals surface area (Å²) in [6.07, 6.45) is -0.405. The fourth-order valence-electron chi connectivity index (χ4n) is 2.01. The highest BCUT2D eigenvalue weighted by Gasteiger charge is 2.34. The zero-order chi connectivity index (χ0) is 17.4. The first-order valence-corrected chi connectivity index (χ1v) is 8.46. The number of hydrogen-bond acceptors (Lipinski definition) is 3. The summed E-state index contributed by atoms with van der Waals surface area (Å²) in [5.41, 5.74) is -0.336. The first-order chi connectivity index (χ1) is 10.6. The van der Waals surface area contributed by atoms with Gasteiger partial charge in [-0.15, -0.1) is 0 Å². The minimum Gasteiger partial charge on any atom is -0.444 e. The van der Waals surface area contributed by atoms with Gasteiger partial charge in [0.15, 0.2) is 0 Å². The largest absolute Gasteiger partial charge is 0.444 e. The lowest BCUT2D eigenvalue weighted by Crippen LogP contribution is -2.61. The van der Waals surface area contributed by atoms with Crippen molar-refractivity contribution >= 4 is 46.2 Å². The summed E-state index contributed by atoms with van der Waals surface area (Å²) in [7, 11) is 0. The van der Waals surface area contributed by atoms with E-state index in [0.29, 0.717) is 16.7 Å². The quantitative estimate of drug-likeness (QED) is 0.550. The van der Waals surface area contributed by atoms with E-state index in [1.165, 1.54) is 11.0 Å². The summed E-state index contributed by atoms with van der Waals surface area (Å²) in [5.74, 6) is -0.853. The van der Waals surface area contributed by atoms with E-state index >= 15 is 0 Å². The molecule has 8 heteroatoms. The number of carbonyl (C=O) groups is 2. The lowest BCUT2D eigenvalue weighted by atomic mass is 10.1. The van der Waals surface area contributed by atoms with Crippen LogP contribution < -0.4 is 5.32 Å². The number of benzene rings is 1. The first-order valence-electron chi connectivity index (χ1n) is 7.00. The van der Waals surface area contributed by atoms with Crippen molar-refractivity contribution in [2.24, 2.45) is 0 Å². The molecule has 0 spiro atoms. The van der Waals surface area contributed by atoms with Gasteiger partial charge in [0.25, 0.3) is 5.91 Å². The van der Waals surface area contributed by atoms with Crippen LogP contribution in [0.15, 0.2) is 12.1 Å². The molecule has 1 N–H and O–H groups in total. The van der Waals surface area contributed by atoms with Gasteiger partial charge in [0.05, 0.1) is 16.6 Å². The van der Waals surface area contributed by atoms with Gasteiger partial charge in [-0.25, -0.2) is 9.18 Å². The highest BCUT2D eigenvalue weighted by molar-refractivity contribution is 14.1. The molecule has 1 aromatic rings. The Hall–Kier alpha value is -1.09. The van der Waals surface area contributed by atoms with Crippen molar-refractivity contribution in [3.05, 3.63) is 32.1 Å². The topological polar surface area (TPSA) is 58.6 Å². The van der Waals surface area contributed by atoms with Crippen LogP contribution in [0.3, 0.4) is 0 Å². The van der Waals surface area contributed by atoms with Crippen molar-refractivity contribution in [2.45, 2.75) is 32.4 Å². The molecule has 1 fully saturated rings. The number of likely N-dealkylation sites (tertiary alicyclic amines) is 1. The molecular weight excluding hydrogens is 438 g/mol. The standard InChI is InChI=1S/C15H17ClFIN2O3/c1-15(2,3)23-14(22)20-6-8(7-20)19-13(21)9-4-12(18)11(17)5-10(9)16/h4-5,8H,6-7H2,1-3H3,(H,19,21). The maximum atomic E-state index is 13.4. The molecule has 1 aromatic carbocycles. The molecular formula is C15H17ClFIN2O3. The van der Waals surface area contributed by atoms with Crippen LogP contribution in [0, 0.1) is 9.39 Å². The van der Waals surface area contributed by atoms with Crippen LogP contribution in [-0.2, 0) is 4.74 Å². The van der Waals surface area contributed by atoms with Gasteiger partial charge >= 0.3 is 6.09 Å². The number of carbonyl (C=O) groups excluding carboxylic acids is 2. The van der Waals surface area contributed by atoms with E-state index in [1.807, 2.05) is 0 Å². The third kappa shape index (κ3) is 4.69. The van der Waals surface area contributed by atoms with Gasteiger partial charge in [0.1, 0.15) is 11.4 Å². The molecule has 0 unspecified atom stereocenters. The van der Waals surface area contributed by atoms with Crippen molar-refractivity contribution < 1.29 is 18.7 Å². The lowest BCUT2D eigenvalue weighted by Gasteiger charge is -2.40. The second-order valence-electron chi connectivity index (χ2n) is 6.30. The smallest absolute Gasteiger partial charge is 0.410 e. The van der Waals surface area contributed by atoms with Crippen LogP contribution in [0.4, 0.5) is 9.18 Å². The molecule has 0 aliphatic carbocycles. The summed E-state index contributed by atoms with van der Waals surface area (Å²) < 4.78 is 18.9. The maximum Gasteiger partial charge on any atom is 0.410 e. The van der Waals surface area contributed by atoms with Gasteiger partial charge < -0.3 is 15.0 Å². The maximum absolute atomic E-state index is 13.4. The Balaban J connectivity index is 1.90. The molecule has 1 aliphatic heterocycles. The lowest BCUT2D eigenvalue weighted by molar-refractivity contribution is 0.00533. The molecule has 0 radical (unpaired) electrons. The SMILES string of the molecule is CC(C)(C)OC(=O)N1CC(NC(=O)c2cc(I)c(F)cc2Cl)C1. The minimum absolute atomic E-state index is 0.0590. The second kappa shape index (κ2) is 6.80. The fraction of sp³-hybridized carbons (Fsp3) is 0.467. The first kappa shape index (κ1) is 18.3. The van der Waals surface area contributed by atoms with Crippen molar-refractivity contribution in [1.29, 1.82) is 0 Å². The Bertz CT molecular complexity index is 642.